The molecular weight excluding hydrogens is 336 g/mol. The van der Waals surface area contributed by atoms with Gasteiger partial charge in [-0.2, -0.15) is 0 Å². The summed E-state index contributed by atoms with van der Waals surface area (Å²) in [5, 5.41) is 6.69. The molecule has 1 fully saturated rings. The molecule has 25 heavy (non-hydrogen) atoms. The molecule has 2 N–H and O–H groups in total. The molecule has 8 heteroatoms. The molecule has 0 unspecified atom stereocenters. The first kappa shape index (κ1) is 16.0. The Balaban J connectivity index is 1.58. The van der Waals surface area contributed by atoms with E-state index in [-0.39, 0.29) is 11.6 Å². The Hall–Kier alpha value is -2.48. The van der Waals surface area contributed by atoms with Gasteiger partial charge in [0.2, 0.25) is 0 Å². The summed E-state index contributed by atoms with van der Waals surface area (Å²) in [6.45, 7) is 3.64. The summed E-state index contributed by atoms with van der Waals surface area (Å²) in [5.74, 6) is 2.24. The number of fused-ring (bicyclic) bond motifs is 1. The van der Waals surface area contributed by atoms with Gasteiger partial charge in [0.25, 0.3) is 5.56 Å². The second-order valence-corrected chi connectivity index (χ2v) is 7.05. The molecule has 7 nitrogen and oxygen atoms in total. The summed E-state index contributed by atoms with van der Waals surface area (Å²) in [5.41, 5.74) is -0.140. The summed E-state index contributed by atoms with van der Waals surface area (Å²) in [6.07, 6.45) is 6.04. The number of piperidine rings is 1. The van der Waals surface area contributed by atoms with Crippen molar-refractivity contribution in [3.8, 4) is 0 Å². The number of aromatic nitrogens is 4. The minimum atomic E-state index is -0.140. The van der Waals surface area contributed by atoms with Crippen molar-refractivity contribution in [3.63, 3.8) is 0 Å². The van der Waals surface area contributed by atoms with Crippen LogP contribution in [0.25, 0.3) is 10.2 Å². The number of hydrogen-bond acceptors (Lipinski definition) is 7. The highest BCUT2D eigenvalue weighted by atomic mass is 32.1. The maximum atomic E-state index is 12.0. The van der Waals surface area contributed by atoms with Crippen LogP contribution < -0.4 is 15.8 Å². The van der Waals surface area contributed by atoms with Crippen molar-refractivity contribution < 1.29 is 0 Å². The van der Waals surface area contributed by atoms with Gasteiger partial charge in [-0.25, -0.2) is 15.0 Å². The predicted octanol–water partition coefficient (Wildman–Crippen LogP) is 2.42. The van der Waals surface area contributed by atoms with Crippen LogP contribution in [0.4, 0.5) is 11.6 Å². The van der Waals surface area contributed by atoms with Crippen molar-refractivity contribution in [2.75, 3.05) is 23.3 Å². The number of H-pyrrole nitrogens is 1. The molecule has 1 saturated heterocycles. The van der Waals surface area contributed by atoms with E-state index in [0.717, 1.165) is 54.2 Å². The molecule has 1 aliphatic heterocycles. The molecule has 0 bridgehead atoms. The third-order valence-electron chi connectivity index (χ3n) is 4.44. The van der Waals surface area contributed by atoms with Crippen LogP contribution in [0.1, 0.15) is 25.6 Å². The number of nitrogens with zero attached hydrogens (tertiary/aromatic N) is 4. The Morgan fingerprint density at radius 2 is 2.36 bits per heavy atom. The van der Waals surface area contributed by atoms with E-state index in [1.165, 1.54) is 0 Å². The molecule has 1 aliphatic rings. The molecule has 0 aromatic carbocycles. The van der Waals surface area contributed by atoms with Gasteiger partial charge < -0.3 is 15.2 Å². The monoisotopic (exact) mass is 356 g/mol. The van der Waals surface area contributed by atoms with Gasteiger partial charge in [0.05, 0.1) is 5.39 Å². The van der Waals surface area contributed by atoms with Crippen LogP contribution in [-0.2, 0) is 6.42 Å². The van der Waals surface area contributed by atoms with Gasteiger partial charge in [0.1, 0.15) is 16.5 Å². The first-order chi connectivity index (χ1) is 12.2. The quantitative estimate of drug-likeness (QED) is 0.746. The van der Waals surface area contributed by atoms with Crippen LogP contribution in [-0.4, -0.2) is 39.1 Å². The summed E-state index contributed by atoms with van der Waals surface area (Å²) >= 11 is 1.64. The van der Waals surface area contributed by atoms with Crippen LogP contribution in [0.15, 0.2) is 28.6 Å². The lowest BCUT2D eigenvalue weighted by molar-refractivity contribution is 0.524. The van der Waals surface area contributed by atoms with Crippen molar-refractivity contribution >= 4 is 33.2 Å². The summed E-state index contributed by atoms with van der Waals surface area (Å²) in [4.78, 5) is 31.3. The fraction of sp³-hybridized carbons (Fsp3) is 0.412. The highest BCUT2D eigenvalue weighted by molar-refractivity contribution is 7.16. The topological polar surface area (TPSA) is 86.8 Å². The van der Waals surface area contributed by atoms with Crippen LogP contribution in [0.5, 0.6) is 0 Å². The van der Waals surface area contributed by atoms with E-state index in [4.69, 9.17) is 0 Å². The number of hydrogen-bond donors (Lipinski definition) is 2. The number of thiophene rings is 1. The third kappa shape index (κ3) is 3.21. The zero-order valence-corrected chi connectivity index (χ0v) is 14.8. The van der Waals surface area contributed by atoms with Gasteiger partial charge in [-0.3, -0.25) is 4.79 Å². The number of rotatable bonds is 4. The Labute approximate surface area is 149 Å². The second-order valence-electron chi connectivity index (χ2n) is 6.15. The molecule has 0 aliphatic carbocycles. The molecule has 3 aromatic heterocycles. The van der Waals surface area contributed by atoms with Crippen molar-refractivity contribution in [2.45, 2.75) is 32.2 Å². The standard InChI is InChI=1S/C17H20N6OS/c1-2-13-21-14(12-5-9-25-17(12)22-13)20-11-4-3-8-23(10-11)15-16(24)19-7-6-18-15/h5-7,9,11H,2-4,8,10H2,1H3,(H,19,24)(H,20,21,22)/t11-/m0/s1. The summed E-state index contributed by atoms with van der Waals surface area (Å²) in [7, 11) is 0. The average molecular weight is 356 g/mol. The molecule has 0 spiro atoms. The fourth-order valence-electron chi connectivity index (χ4n) is 3.22. The van der Waals surface area contributed by atoms with Crippen LogP contribution in [0.2, 0.25) is 0 Å². The Morgan fingerprint density at radius 1 is 1.44 bits per heavy atom. The van der Waals surface area contributed by atoms with E-state index in [0.29, 0.717) is 5.82 Å². The molecule has 0 radical (unpaired) electrons. The van der Waals surface area contributed by atoms with Gasteiger partial charge >= 0.3 is 0 Å². The van der Waals surface area contributed by atoms with Gasteiger partial charge in [-0.1, -0.05) is 6.92 Å². The highest BCUT2D eigenvalue weighted by Gasteiger charge is 2.23. The predicted molar refractivity (Wildman–Crippen MR) is 101 cm³/mol. The minimum absolute atomic E-state index is 0.140. The number of aryl methyl sites for hydroxylation is 1. The minimum Gasteiger partial charge on any atom is -0.365 e. The summed E-state index contributed by atoms with van der Waals surface area (Å²) in [6, 6.07) is 2.28. The molecule has 1 atom stereocenters. The van der Waals surface area contributed by atoms with Gasteiger partial charge in [-0.05, 0) is 24.3 Å². The van der Waals surface area contributed by atoms with Gasteiger partial charge in [-0.15, -0.1) is 11.3 Å². The highest BCUT2D eigenvalue weighted by Crippen LogP contribution is 2.27. The third-order valence-corrected chi connectivity index (χ3v) is 5.24. The lowest BCUT2D eigenvalue weighted by atomic mass is 10.1. The van der Waals surface area contributed by atoms with Crippen LogP contribution >= 0.6 is 11.3 Å². The average Bonchev–Trinajstić information content (AvgIpc) is 3.11. The maximum Gasteiger partial charge on any atom is 0.290 e. The second kappa shape index (κ2) is 6.79. The van der Waals surface area contributed by atoms with Crippen molar-refractivity contribution in [2.24, 2.45) is 0 Å². The fourth-order valence-corrected chi connectivity index (χ4v) is 4.00. The SMILES string of the molecule is CCc1nc(N[C@H]2CCCN(c3ncc[nH]c3=O)C2)c2ccsc2n1. The van der Waals surface area contributed by atoms with E-state index in [1.54, 1.807) is 23.7 Å². The van der Waals surface area contributed by atoms with Gasteiger partial charge in [0, 0.05) is 37.9 Å². The smallest absolute Gasteiger partial charge is 0.290 e. The van der Waals surface area contributed by atoms with Gasteiger partial charge in [0.15, 0.2) is 5.82 Å². The molecule has 0 amide bonds. The molecular formula is C17H20N6OS. The van der Waals surface area contributed by atoms with Crippen LogP contribution in [0.3, 0.4) is 0 Å². The van der Waals surface area contributed by atoms with E-state index < -0.39 is 0 Å². The van der Waals surface area contributed by atoms with E-state index >= 15 is 0 Å². The molecule has 3 aromatic rings. The zero-order valence-electron chi connectivity index (χ0n) is 14.0. The molecule has 0 saturated carbocycles. The molecule has 4 rings (SSSR count). The van der Waals surface area contributed by atoms with Crippen LogP contribution in [0, 0.1) is 0 Å². The molecule has 4 heterocycles. The maximum absolute atomic E-state index is 12.0. The lowest BCUT2D eigenvalue weighted by Gasteiger charge is -2.33. The van der Waals surface area contributed by atoms with Crippen molar-refractivity contribution in [1.82, 2.24) is 19.9 Å². The summed E-state index contributed by atoms with van der Waals surface area (Å²) < 4.78 is 0. The Bertz CT molecular complexity index is 936. The number of aromatic amines is 1. The number of anilines is 2. The van der Waals surface area contributed by atoms with Crippen molar-refractivity contribution in [1.29, 1.82) is 0 Å². The van der Waals surface area contributed by atoms with E-state index in [2.05, 4.69) is 38.2 Å². The normalized spacial score (nSPS) is 17.8. The lowest BCUT2D eigenvalue weighted by Crippen LogP contribution is -2.44. The van der Waals surface area contributed by atoms with E-state index in [1.807, 2.05) is 10.3 Å². The number of nitrogens with one attached hydrogen (secondary N) is 2. The van der Waals surface area contributed by atoms with E-state index in [9.17, 15) is 4.79 Å². The van der Waals surface area contributed by atoms with Crippen molar-refractivity contribution in [3.05, 3.63) is 40.0 Å². The molecule has 130 valence electrons. The zero-order chi connectivity index (χ0) is 17.2. The largest absolute Gasteiger partial charge is 0.365 e. The Morgan fingerprint density at radius 3 is 3.20 bits per heavy atom. The first-order valence-electron chi connectivity index (χ1n) is 8.54. The first-order valence-corrected chi connectivity index (χ1v) is 9.42. The Kier molecular flexibility index (Phi) is 4.35.